The molecule has 2 saturated heterocycles. The molecular formula is C76H121N13O17S. The third-order valence-electron chi connectivity index (χ3n) is 20.6. The number of nitrogens with zero attached hydrogens (tertiary/aromatic N) is 4. The summed E-state index contributed by atoms with van der Waals surface area (Å²) in [5.41, 5.74) is 11.9. The molecule has 2 aromatic rings. The molecule has 1 aliphatic carbocycles. The first-order valence-electron chi connectivity index (χ1n) is 37.4. The number of ether oxygens (including phenoxy) is 4. The van der Waals surface area contributed by atoms with Crippen molar-refractivity contribution < 1.29 is 81.6 Å². The molecule has 598 valence electrons. The van der Waals surface area contributed by atoms with Gasteiger partial charge in [-0.15, -0.1) is 11.8 Å². The number of aliphatic hydroxyl groups excluding tert-OH is 1. The Morgan fingerprint density at radius 2 is 1.39 bits per heavy atom. The molecule has 3 aliphatic rings. The molecule has 12 N–H and O–H groups in total. The summed E-state index contributed by atoms with van der Waals surface area (Å²) in [5, 5.41) is 30.5. The van der Waals surface area contributed by atoms with E-state index in [2.05, 4.69) is 37.2 Å². The molecule has 30 nitrogen and oxygen atoms in total. The number of hydrogen-bond acceptors (Lipinski definition) is 19. The van der Waals surface area contributed by atoms with Gasteiger partial charge >= 0.3 is 12.1 Å². The number of hydrogen-bond donors (Lipinski definition) is 10. The first kappa shape index (κ1) is 89.5. The van der Waals surface area contributed by atoms with E-state index in [4.69, 9.17) is 30.4 Å². The van der Waals surface area contributed by atoms with E-state index >= 15 is 0 Å². The fraction of sp³-hybridized carbons (Fsp3) is 0.684. The molecule has 2 heterocycles. The quantitative estimate of drug-likeness (QED) is 0.0312. The number of urea groups is 1. The number of unbranched alkanes of at least 4 members (excludes halogenated alkanes) is 2. The standard InChI is InChI=1S/C76H121N13O17S/c1-17-46(8)66(87(13)73(100)63(44(4)5)84-71(98)65(45(6)7)86(11)12)56(104-15)37-60(93)89-40-52(90)36-55(89)67(105-16)47(9)68(95)80-48(10)64(50-26-30-53(103-14)31-27-50)85-75(102)106-41-49-24-28-51(29-25-49)81-69(96)54(22-21-34-79-74(78)101)82-70(97)62(43(2)3)83-59(92)23-19-18-20-35-88-61(94)38-57(72(88)99)107-42-76(32-33-76)39-58(77)91/h24-31,43-48,52,54-57,62-67,90H,17-23,32-42H2,1-16H3,(H2,77,91)(H,80,95)(H,81,96)(H,82,97)(H,83,92)(H,84,98)(H,85,102)(H3,78,79,101)/t46-,47+,48+,52-,54-,55-,56+,57?,62-,63-,64?,65-,66-,67+/m0/s1. The molecule has 3 fully saturated rings. The average Bonchev–Trinajstić information content (AvgIpc) is 1.73. The number of benzene rings is 2. The van der Waals surface area contributed by atoms with Crippen LogP contribution in [-0.2, 0) is 68.8 Å². The number of nitrogens with one attached hydrogen (secondary N) is 7. The number of imide groups is 1. The van der Waals surface area contributed by atoms with Crippen LogP contribution in [0.4, 0.5) is 15.3 Å². The maximum Gasteiger partial charge on any atom is 0.408 e. The summed E-state index contributed by atoms with van der Waals surface area (Å²) >= 11 is 1.40. The number of β-amino-alcohol motifs (C(OH)–C–C–N with tert-alkyl or cyclic N) is 1. The number of nitrogens with two attached hydrogens (primary N) is 2. The molecule has 5 rings (SSSR count). The van der Waals surface area contributed by atoms with E-state index in [1.807, 2.05) is 60.5 Å². The van der Waals surface area contributed by atoms with Crippen LogP contribution < -0.4 is 53.4 Å². The van der Waals surface area contributed by atoms with Gasteiger partial charge in [0, 0.05) is 71.6 Å². The Labute approximate surface area is 635 Å². The number of aliphatic hydroxyl groups is 1. The maximum atomic E-state index is 14.7. The largest absolute Gasteiger partial charge is 0.497 e. The number of thioether (sulfide) groups is 1. The lowest BCUT2D eigenvalue weighted by atomic mass is 9.89. The van der Waals surface area contributed by atoms with E-state index in [1.54, 1.807) is 88.2 Å². The lowest BCUT2D eigenvalue weighted by Gasteiger charge is -2.41. The predicted molar refractivity (Wildman–Crippen MR) is 405 cm³/mol. The molecule has 0 aromatic heterocycles. The lowest BCUT2D eigenvalue weighted by Crippen LogP contribution is -2.59. The van der Waals surface area contributed by atoms with Gasteiger partial charge in [-0.2, -0.15) is 0 Å². The van der Waals surface area contributed by atoms with Crippen molar-refractivity contribution in [2.45, 2.75) is 231 Å². The van der Waals surface area contributed by atoms with Crippen molar-refractivity contribution in [1.29, 1.82) is 0 Å². The van der Waals surface area contributed by atoms with Gasteiger partial charge in [-0.3, -0.25) is 57.7 Å². The smallest absolute Gasteiger partial charge is 0.408 e. The van der Waals surface area contributed by atoms with Crippen molar-refractivity contribution in [3.05, 3.63) is 59.7 Å². The second-order valence-electron chi connectivity index (χ2n) is 30.3. The number of primary amides is 2. The maximum absolute atomic E-state index is 14.7. The monoisotopic (exact) mass is 1520 g/mol. The second-order valence-corrected chi connectivity index (χ2v) is 31.4. The van der Waals surface area contributed by atoms with E-state index in [9.17, 15) is 62.6 Å². The summed E-state index contributed by atoms with van der Waals surface area (Å²) in [6.45, 7) is 18.5. The van der Waals surface area contributed by atoms with Crippen molar-refractivity contribution in [2.75, 3.05) is 73.2 Å². The summed E-state index contributed by atoms with van der Waals surface area (Å²) in [5.74, 6) is -4.64. The van der Waals surface area contributed by atoms with Crippen molar-refractivity contribution in [1.82, 2.24) is 51.5 Å². The van der Waals surface area contributed by atoms with Gasteiger partial charge in [-0.05, 0) is 130 Å². The minimum atomic E-state index is -1.14. The fourth-order valence-corrected chi connectivity index (χ4v) is 15.6. The van der Waals surface area contributed by atoms with Gasteiger partial charge in [-0.25, -0.2) is 9.59 Å². The van der Waals surface area contributed by atoms with Crippen LogP contribution in [0.5, 0.6) is 5.75 Å². The molecule has 13 amide bonds. The zero-order valence-electron chi connectivity index (χ0n) is 65.5. The summed E-state index contributed by atoms with van der Waals surface area (Å²) in [6, 6.07) is 5.92. The number of carbonyl (C=O) groups is 12. The minimum absolute atomic E-state index is 0.0303. The van der Waals surface area contributed by atoms with Gasteiger partial charge in [0.25, 0.3) is 0 Å². The number of carbonyl (C=O) groups excluding carboxylic acids is 12. The molecule has 14 atom stereocenters. The summed E-state index contributed by atoms with van der Waals surface area (Å²) < 4.78 is 23.2. The van der Waals surface area contributed by atoms with Crippen LogP contribution >= 0.6 is 11.8 Å². The number of rotatable bonds is 45. The van der Waals surface area contributed by atoms with Crippen molar-refractivity contribution in [3.63, 3.8) is 0 Å². The van der Waals surface area contributed by atoms with Crippen LogP contribution in [-0.4, -0.2) is 230 Å². The Morgan fingerprint density at radius 3 is 1.95 bits per heavy atom. The molecule has 0 radical (unpaired) electrons. The van der Waals surface area contributed by atoms with Gasteiger partial charge in [0.05, 0.1) is 73.2 Å². The molecule has 0 spiro atoms. The second kappa shape index (κ2) is 42.6. The normalized spacial score (nSPS) is 19.3. The molecular weight excluding hydrogens is 1400 g/mol. The number of likely N-dealkylation sites (N-methyl/N-ethyl adjacent to an activating group) is 2. The Bertz CT molecular complexity index is 3310. The first-order chi connectivity index (χ1) is 50.5. The Morgan fingerprint density at radius 1 is 0.738 bits per heavy atom. The lowest BCUT2D eigenvalue weighted by molar-refractivity contribution is -0.148. The Balaban J connectivity index is 1.19. The highest BCUT2D eigenvalue weighted by Gasteiger charge is 2.48. The van der Waals surface area contributed by atoms with Gasteiger partial charge in [0.15, 0.2) is 0 Å². The number of alkyl carbamates (subject to hydrolysis) is 1. The number of likely N-dealkylation sites (tertiary alicyclic amines) is 2. The van der Waals surface area contributed by atoms with E-state index < -0.39 is 119 Å². The summed E-state index contributed by atoms with van der Waals surface area (Å²) in [7, 11) is 9.72. The van der Waals surface area contributed by atoms with Crippen LogP contribution in [0.25, 0.3) is 0 Å². The first-order valence-corrected chi connectivity index (χ1v) is 38.5. The molecule has 2 aromatic carbocycles. The van der Waals surface area contributed by atoms with Gasteiger partial charge in [0.1, 0.15) is 30.5 Å². The van der Waals surface area contributed by atoms with Gasteiger partial charge in [-0.1, -0.05) is 99.4 Å². The van der Waals surface area contributed by atoms with E-state index in [1.165, 1.54) is 42.9 Å². The Hall–Kier alpha value is -8.13. The third kappa shape index (κ3) is 26.6. The van der Waals surface area contributed by atoms with Crippen LogP contribution in [0.2, 0.25) is 0 Å². The van der Waals surface area contributed by atoms with Crippen LogP contribution in [0.1, 0.15) is 170 Å². The van der Waals surface area contributed by atoms with E-state index in [-0.39, 0.29) is 130 Å². The molecule has 0 bridgehead atoms. The van der Waals surface area contributed by atoms with Crippen LogP contribution in [0.15, 0.2) is 48.5 Å². The SMILES string of the molecule is CC[C@H](C)[C@@H]([C@@H](CC(=O)N1C[C@@H](O)C[C@H]1[C@H](OC)[C@@H](C)C(=O)N[C@H](C)C(NC(=O)OCc1ccc(NC(=O)[C@H](CCCNC(N)=O)NC(=O)[C@@H](NC(=O)CCCCCN2C(=O)CC(SCC3(CC(N)=O)CC3)C2=O)C(C)C)cc1)c1ccc(OC)cc1)OC)N(C)C(=O)[C@@H](NC(=O)[C@H](C(C)C)N(C)C)C(C)C. The predicted octanol–water partition coefficient (Wildman–Crippen LogP) is 4.87. The van der Waals surface area contributed by atoms with Crippen LogP contribution in [0.3, 0.4) is 0 Å². The molecule has 107 heavy (non-hydrogen) atoms. The zero-order valence-corrected chi connectivity index (χ0v) is 66.3. The zero-order chi connectivity index (χ0) is 79.7. The fourth-order valence-electron chi connectivity index (χ4n) is 14.2. The van der Waals surface area contributed by atoms with E-state index in [0.29, 0.717) is 54.0 Å². The highest BCUT2D eigenvalue weighted by Crippen LogP contribution is 2.52. The van der Waals surface area contributed by atoms with Crippen molar-refractivity contribution in [2.24, 2.45) is 46.5 Å². The topological polar surface area (TPSA) is 411 Å². The molecule has 31 heteroatoms. The van der Waals surface area contributed by atoms with Gasteiger partial charge < -0.3 is 82.5 Å². The molecule has 2 unspecified atom stereocenters. The molecule has 2 aliphatic heterocycles. The summed E-state index contributed by atoms with van der Waals surface area (Å²) in [6.07, 6.45) is 0.863. The van der Waals surface area contributed by atoms with E-state index in [0.717, 1.165) is 12.8 Å². The van der Waals surface area contributed by atoms with Crippen LogP contribution in [0, 0.1) is 35.0 Å². The van der Waals surface area contributed by atoms with Crippen molar-refractivity contribution in [3.8, 4) is 5.75 Å². The van der Waals surface area contributed by atoms with Crippen molar-refractivity contribution >= 4 is 88.6 Å². The van der Waals surface area contributed by atoms with Gasteiger partial charge in [0.2, 0.25) is 59.1 Å². The average molecular weight is 1520 g/mol. The Kier molecular flexibility index (Phi) is 35.6. The summed E-state index contributed by atoms with van der Waals surface area (Å²) in [4.78, 5) is 168. The highest BCUT2D eigenvalue weighted by atomic mass is 32.2. The third-order valence-corrected chi connectivity index (χ3v) is 22.2. The highest BCUT2D eigenvalue weighted by molar-refractivity contribution is 8.00. The number of methoxy groups -OCH3 is 3. The number of amides is 13. The minimum Gasteiger partial charge on any atom is -0.497 e. The molecule has 1 saturated carbocycles. The number of anilines is 1.